The van der Waals surface area contributed by atoms with Gasteiger partial charge in [-0.2, -0.15) is 0 Å². The summed E-state index contributed by atoms with van der Waals surface area (Å²) in [5.74, 6) is 6.62. The van der Waals surface area contributed by atoms with Crippen molar-refractivity contribution < 1.29 is 4.79 Å². The number of hydrogen-bond donors (Lipinski definition) is 1. The smallest absolute Gasteiger partial charge is 0.271 e. The van der Waals surface area contributed by atoms with Gasteiger partial charge < -0.3 is 5.32 Å². The van der Waals surface area contributed by atoms with E-state index in [9.17, 15) is 4.79 Å². The topological polar surface area (TPSA) is 67.8 Å². The van der Waals surface area contributed by atoms with Gasteiger partial charge in [-0.3, -0.25) is 9.78 Å². The molecule has 5 heteroatoms. The predicted molar refractivity (Wildman–Crippen MR) is 98.2 cm³/mol. The third kappa shape index (κ3) is 3.32. The number of carbonyl (C=O) groups excluding carboxylic acids is 1. The van der Waals surface area contributed by atoms with Crippen LogP contribution < -0.4 is 5.32 Å². The predicted octanol–water partition coefficient (Wildman–Crippen LogP) is 3.05. The molecule has 2 heterocycles. The number of fused-ring (bicyclic) bond motifs is 2. The monoisotopic (exact) mass is 346 g/mol. The third-order valence-electron chi connectivity index (χ3n) is 5.56. The van der Waals surface area contributed by atoms with E-state index in [-0.39, 0.29) is 16.9 Å². The van der Waals surface area contributed by atoms with Crippen molar-refractivity contribution in [2.45, 2.75) is 51.0 Å². The number of nitrogens with zero attached hydrogens (tertiary/aromatic N) is 3. The van der Waals surface area contributed by atoms with Crippen molar-refractivity contribution in [1.82, 2.24) is 20.3 Å². The minimum absolute atomic E-state index is 0.0126. The highest BCUT2D eigenvalue weighted by Crippen LogP contribution is 2.53. The van der Waals surface area contributed by atoms with Crippen molar-refractivity contribution in [1.29, 1.82) is 0 Å². The van der Waals surface area contributed by atoms with E-state index in [4.69, 9.17) is 0 Å². The van der Waals surface area contributed by atoms with E-state index in [1.54, 1.807) is 12.4 Å². The number of aryl methyl sites for hydroxylation is 1. The standard InChI is InChI=1S/C21H22N4O/c1-16-13-22-14-18(24-16)19(26)25-21-8-4-7-20(15-21,10-11-21)9-6-17-5-2-3-12-23-17/h2-3,5,12-14H,4,7-8,10-11,15H2,1H3,(H,25,26)/t20-,21+/m1/s1. The molecule has 2 atom stereocenters. The number of carbonyl (C=O) groups is 1. The molecule has 0 aliphatic heterocycles. The molecule has 2 aromatic rings. The largest absolute Gasteiger partial charge is 0.345 e. The third-order valence-corrected chi connectivity index (χ3v) is 5.56. The zero-order valence-electron chi connectivity index (χ0n) is 15.0. The van der Waals surface area contributed by atoms with E-state index in [0.29, 0.717) is 5.69 Å². The molecule has 0 aromatic carbocycles. The SMILES string of the molecule is Cc1cncc(C(=O)N[C@@]23CCC[C@@](C#Cc4ccccn4)(CC2)C3)n1. The lowest BCUT2D eigenvalue weighted by Gasteiger charge is -2.37. The summed E-state index contributed by atoms with van der Waals surface area (Å²) in [6, 6.07) is 5.79. The molecule has 26 heavy (non-hydrogen) atoms. The van der Waals surface area contributed by atoms with Gasteiger partial charge in [0.1, 0.15) is 11.4 Å². The maximum Gasteiger partial charge on any atom is 0.271 e. The van der Waals surface area contributed by atoms with Crippen molar-refractivity contribution in [3.8, 4) is 11.8 Å². The van der Waals surface area contributed by atoms with Gasteiger partial charge in [-0.05, 0) is 63.5 Å². The van der Waals surface area contributed by atoms with Gasteiger partial charge in [0, 0.05) is 23.3 Å². The summed E-state index contributed by atoms with van der Waals surface area (Å²) in [4.78, 5) is 25.4. The van der Waals surface area contributed by atoms with E-state index in [0.717, 1.165) is 49.9 Å². The van der Waals surface area contributed by atoms with Crippen LogP contribution in [0.4, 0.5) is 0 Å². The van der Waals surface area contributed by atoms with Crippen molar-refractivity contribution in [2.24, 2.45) is 5.41 Å². The fraction of sp³-hybridized carbons (Fsp3) is 0.429. The number of aromatic nitrogens is 3. The molecular formula is C21H22N4O. The molecule has 0 unspecified atom stereocenters. The highest BCUT2D eigenvalue weighted by atomic mass is 16.2. The lowest BCUT2D eigenvalue weighted by atomic mass is 9.73. The van der Waals surface area contributed by atoms with Gasteiger partial charge in [0.15, 0.2) is 0 Å². The maximum atomic E-state index is 12.7. The number of pyridine rings is 1. The normalized spacial score (nSPS) is 26.7. The highest BCUT2D eigenvalue weighted by Gasteiger charge is 2.51. The van der Waals surface area contributed by atoms with Crippen LogP contribution in [0, 0.1) is 24.2 Å². The molecule has 1 N–H and O–H groups in total. The van der Waals surface area contributed by atoms with Crippen LogP contribution in [0.2, 0.25) is 0 Å². The molecular weight excluding hydrogens is 324 g/mol. The number of rotatable bonds is 2. The van der Waals surface area contributed by atoms with Crippen LogP contribution >= 0.6 is 0 Å². The van der Waals surface area contributed by atoms with Crippen molar-refractivity contribution in [3.63, 3.8) is 0 Å². The Labute approximate surface area is 153 Å². The van der Waals surface area contributed by atoms with Crippen molar-refractivity contribution >= 4 is 5.91 Å². The molecule has 132 valence electrons. The Balaban J connectivity index is 1.52. The lowest BCUT2D eigenvalue weighted by Crippen LogP contribution is -2.49. The Morgan fingerprint density at radius 1 is 1.19 bits per heavy atom. The number of nitrogens with one attached hydrogen (secondary N) is 1. The molecule has 1 amide bonds. The Bertz CT molecular complexity index is 886. The lowest BCUT2D eigenvalue weighted by molar-refractivity contribution is 0.0866. The Morgan fingerprint density at radius 3 is 2.92 bits per heavy atom. The van der Waals surface area contributed by atoms with Gasteiger partial charge in [0.05, 0.1) is 11.9 Å². The second-order valence-corrected chi connectivity index (χ2v) is 7.56. The molecule has 2 aromatic heterocycles. The zero-order valence-corrected chi connectivity index (χ0v) is 15.0. The quantitative estimate of drug-likeness (QED) is 0.849. The van der Waals surface area contributed by atoms with E-state index in [2.05, 4.69) is 32.1 Å². The van der Waals surface area contributed by atoms with E-state index < -0.39 is 0 Å². The first-order valence-corrected chi connectivity index (χ1v) is 9.14. The van der Waals surface area contributed by atoms with Crippen LogP contribution in [0.15, 0.2) is 36.8 Å². The van der Waals surface area contributed by atoms with Gasteiger partial charge in [-0.25, -0.2) is 9.97 Å². The molecule has 4 rings (SSSR count). The molecule has 2 fully saturated rings. The molecule has 0 radical (unpaired) electrons. The van der Waals surface area contributed by atoms with Crippen LogP contribution in [0.1, 0.15) is 60.4 Å². The van der Waals surface area contributed by atoms with Gasteiger partial charge >= 0.3 is 0 Å². The summed E-state index contributed by atoms with van der Waals surface area (Å²) in [7, 11) is 0. The van der Waals surface area contributed by atoms with Gasteiger partial charge in [-0.15, -0.1) is 0 Å². The van der Waals surface area contributed by atoms with Gasteiger partial charge in [-0.1, -0.05) is 12.0 Å². The summed E-state index contributed by atoms with van der Waals surface area (Å²) in [6.45, 7) is 1.84. The minimum Gasteiger partial charge on any atom is -0.345 e. The first kappa shape index (κ1) is 16.7. The Hall–Kier alpha value is -2.74. The van der Waals surface area contributed by atoms with Crippen LogP contribution in [-0.4, -0.2) is 26.4 Å². The molecule has 2 aliphatic carbocycles. The second kappa shape index (κ2) is 6.53. The average molecular weight is 346 g/mol. The van der Waals surface area contributed by atoms with E-state index >= 15 is 0 Å². The second-order valence-electron chi connectivity index (χ2n) is 7.56. The van der Waals surface area contributed by atoms with Gasteiger partial charge in [0.25, 0.3) is 5.91 Å². The maximum absolute atomic E-state index is 12.7. The molecule has 2 aliphatic rings. The summed E-state index contributed by atoms with van der Waals surface area (Å²) >= 11 is 0. The summed E-state index contributed by atoms with van der Waals surface area (Å²) in [5, 5.41) is 3.27. The highest BCUT2D eigenvalue weighted by molar-refractivity contribution is 5.92. The molecule has 2 saturated carbocycles. The summed E-state index contributed by atoms with van der Waals surface area (Å²) in [6.07, 6.45) is 11.0. The first-order chi connectivity index (χ1) is 12.6. The van der Waals surface area contributed by atoms with Crippen molar-refractivity contribution in [3.05, 3.63) is 53.9 Å². The molecule has 2 bridgehead atoms. The zero-order chi connectivity index (χ0) is 18.0. The Morgan fingerprint density at radius 2 is 2.12 bits per heavy atom. The van der Waals surface area contributed by atoms with Crippen LogP contribution in [0.3, 0.4) is 0 Å². The number of amides is 1. The fourth-order valence-electron chi connectivity index (χ4n) is 4.34. The van der Waals surface area contributed by atoms with Crippen molar-refractivity contribution in [2.75, 3.05) is 0 Å². The molecule has 0 spiro atoms. The van der Waals surface area contributed by atoms with Gasteiger partial charge in [0.2, 0.25) is 0 Å². The van der Waals surface area contributed by atoms with E-state index in [1.165, 1.54) is 6.20 Å². The summed E-state index contributed by atoms with van der Waals surface area (Å²) < 4.78 is 0. The van der Waals surface area contributed by atoms with Crippen LogP contribution in [0.25, 0.3) is 0 Å². The van der Waals surface area contributed by atoms with E-state index in [1.807, 2.05) is 25.1 Å². The average Bonchev–Trinajstić information content (AvgIpc) is 2.91. The Kier molecular flexibility index (Phi) is 4.20. The first-order valence-electron chi connectivity index (χ1n) is 9.14. The minimum atomic E-state index is -0.167. The summed E-state index contributed by atoms with van der Waals surface area (Å²) in [5.41, 5.74) is 1.77. The molecule has 5 nitrogen and oxygen atoms in total. The van der Waals surface area contributed by atoms with Crippen LogP contribution in [0.5, 0.6) is 0 Å². The number of hydrogen-bond acceptors (Lipinski definition) is 4. The molecule has 0 saturated heterocycles. The fourth-order valence-corrected chi connectivity index (χ4v) is 4.34. The van der Waals surface area contributed by atoms with Crippen LogP contribution in [-0.2, 0) is 0 Å².